The van der Waals surface area contributed by atoms with Gasteiger partial charge in [-0.3, -0.25) is 0 Å². The molecular weight excluding hydrogens is 234 g/mol. The molecule has 1 heterocycles. The predicted molar refractivity (Wildman–Crippen MR) is 69.6 cm³/mol. The quantitative estimate of drug-likeness (QED) is 0.819. The van der Waals surface area contributed by atoms with Gasteiger partial charge in [-0.25, -0.2) is 4.79 Å². The van der Waals surface area contributed by atoms with Gasteiger partial charge in [-0.15, -0.1) is 11.3 Å². The lowest BCUT2D eigenvalue weighted by Crippen LogP contribution is -2.21. The first-order chi connectivity index (χ1) is 8.08. The highest BCUT2D eigenvalue weighted by atomic mass is 32.1. The van der Waals surface area contributed by atoms with Crippen molar-refractivity contribution in [2.45, 2.75) is 33.2 Å². The van der Waals surface area contributed by atoms with Crippen molar-refractivity contribution in [3.05, 3.63) is 21.4 Å². The summed E-state index contributed by atoms with van der Waals surface area (Å²) >= 11 is 1.36. The van der Waals surface area contributed by atoms with E-state index < -0.39 is 5.97 Å². The number of carbonyl (C=O) groups is 1. The predicted octanol–water partition coefficient (Wildman–Crippen LogP) is 2.89. The summed E-state index contributed by atoms with van der Waals surface area (Å²) in [5, 5.41) is 12.3. The second kappa shape index (κ2) is 5.19. The van der Waals surface area contributed by atoms with Gasteiger partial charge in [-0.1, -0.05) is 6.92 Å². The van der Waals surface area contributed by atoms with E-state index >= 15 is 0 Å². The molecule has 2 N–H and O–H groups in total. The molecule has 1 aromatic heterocycles. The van der Waals surface area contributed by atoms with Gasteiger partial charge in [-0.05, 0) is 49.8 Å². The van der Waals surface area contributed by atoms with Gasteiger partial charge in [0.15, 0.2) is 0 Å². The molecule has 1 atom stereocenters. The van der Waals surface area contributed by atoms with E-state index in [1.54, 1.807) is 6.07 Å². The Hall–Kier alpha value is -0.870. The van der Waals surface area contributed by atoms with Gasteiger partial charge < -0.3 is 10.4 Å². The lowest BCUT2D eigenvalue weighted by molar-refractivity contribution is 0.0702. The Morgan fingerprint density at radius 2 is 2.35 bits per heavy atom. The van der Waals surface area contributed by atoms with E-state index in [9.17, 15) is 4.79 Å². The molecule has 0 aliphatic heterocycles. The Bertz CT molecular complexity index is 410. The smallest absolute Gasteiger partial charge is 0.345 e. The van der Waals surface area contributed by atoms with Crippen LogP contribution in [0.4, 0.5) is 0 Å². The average Bonchev–Trinajstić information content (AvgIpc) is 3.04. The molecule has 1 aliphatic rings. The van der Waals surface area contributed by atoms with Gasteiger partial charge in [0.1, 0.15) is 4.88 Å². The number of hydrogen-bond donors (Lipinski definition) is 2. The molecule has 1 fully saturated rings. The van der Waals surface area contributed by atoms with Crippen molar-refractivity contribution in [3.8, 4) is 0 Å². The summed E-state index contributed by atoms with van der Waals surface area (Å²) in [4.78, 5) is 12.4. The number of carboxylic acids is 1. The van der Waals surface area contributed by atoms with Crippen LogP contribution < -0.4 is 5.32 Å². The maximum atomic E-state index is 10.8. The minimum Gasteiger partial charge on any atom is -0.477 e. The molecule has 1 aromatic rings. The Kier molecular flexibility index (Phi) is 3.84. The van der Waals surface area contributed by atoms with E-state index in [2.05, 4.69) is 12.2 Å². The summed E-state index contributed by atoms with van der Waals surface area (Å²) in [6.07, 6.45) is 2.76. The molecule has 0 radical (unpaired) electrons. The maximum absolute atomic E-state index is 10.8. The maximum Gasteiger partial charge on any atom is 0.345 e. The molecule has 0 aromatic carbocycles. The fourth-order valence-electron chi connectivity index (χ4n) is 2.07. The van der Waals surface area contributed by atoms with Crippen molar-refractivity contribution in [1.82, 2.24) is 5.32 Å². The molecule has 0 amide bonds. The summed E-state index contributed by atoms with van der Waals surface area (Å²) in [5.41, 5.74) is 1.12. The number of rotatable bonds is 6. The molecule has 0 spiro atoms. The van der Waals surface area contributed by atoms with Crippen LogP contribution >= 0.6 is 11.3 Å². The van der Waals surface area contributed by atoms with Crippen LogP contribution in [0.15, 0.2) is 6.07 Å². The lowest BCUT2D eigenvalue weighted by atomic mass is 10.1. The first-order valence-corrected chi connectivity index (χ1v) is 6.93. The van der Waals surface area contributed by atoms with Crippen LogP contribution in [0.2, 0.25) is 0 Å². The standard InChI is InChI=1S/C13H19NO2S/c1-8(10-3-4-10)6-14-7-11-5-12(13(15)16)17-9(11)2/h5,8,10,14H,3-4,6-7H2,1-2H3,(H,15,16). The molecule has 1 aliphatic carbocycles. The van der Waals surface area contributed by atoms with Crippen molar-refractivity contribution in [2.24, 2.45) is 11.8 Å². The molecule has 1 saturated carbocycles. The van der Waals surface area contributed by atoms with Crippen LogP contribution in [-0.4, -0.2) is 17.6 Å². The summed E-state index contributed by atoms with van der Waals surface area (Å²) in [5.74, 6) is 0.837. The Morgan fingerprint density at radius 1 is 1.65 bits per heavy atom. The van der Waals surface area contributed by atoms with E-state index in [-0.39, 0.29) is 0 Å². The van der Waals surface area contributed by atoms with Crippen LogP contribution in [0.1, 0.15) is 39.9 Å². The van der Waals surface area contributed by atoms with E-state index in [1.165, 1.54) is 24.2 Å². The molecule has 4 heteroatoms. The summed E-state index contributed by atoms with van der Waals surface area (Å²) in [6, 6.07) is 1.79. The van der Waals surface area contributed by atoms with Crippen LogP contribution in [0.5, 0.6) is 0 Å². The zero-order valence-electron chi connectivity index (χ0n) is 10.3. The van der Waals surface area contributed by atoms with Crippen LogP contribution in [0.25, 0.3) is 0 Å². The van der Waals surface area contributed by atoms with Crippen molar-refractivity contribution in [1.29, 1.82) is 0 Å². The highest BCUT2D eigenvalue weighted by Gasteiger charge is 2.27. The molecule has 1 unspecified atom stereocenters. The van der Waals surface area contributed by atoms with Crippen molar-refractivity contribution >= 4 is 17.3 Å². The number of nitrogens with one attached hydrogen (secondary N) is 1. The molecule has 3 nitrogen and oxygen atoms in total. The van der Waals surface area contributed by atoms with Gasteiger partial charge >= 0.3 is 5.97 Å². The van der Waals surface area contributed by atoms with Crippen LogP contribution in [-0.2, 0) is 6.54 Å². The third-order valence-corrected chi connectivity index (χ3v) is 4.52. The van der Waals surface area contributed by atoms with Crippen molar-refractivity contribution in [2.75, 3.05) is 6.54 Å². The molecule has 94 valence electrons. The van der Waals surface area contributed by atoms with Gasteiger partial charge in [0.25, 0.3) is 0 Å². The second-order valence-corrected chi connectivity index (χ2v) is 6.20. The summed E-state index contributed by atoms with van der Waals surface area (Å²) < 4.78 is 0. The van der Waals surface area contributed by atoms with Gasteiger partial charge in [-0.2, -0.15) is 0 Å². The average molecular weight is 253 g/mol. The molecule has 2 rings (SSSR count). The number of thiophene rings is 1. The Labute approximate surface area is 106 Å². The molecule has 0 saturated heterocycles. The Balaban J connectivity index is 1.83. The van der Waals surface area contributed by atoms with Crippen molar-refractivity contribution < 1.29 is 9.90 Å². The molecular formula is C13H19NO2S. The van der Waals surface area contributed by atoms with Crippen LogP contribution in [0.3, 0.4) is 0 Å². The van der Waals surface area contributed by atoms with E-state index in [0.717, 1.165) is 35.4 Å². The van der Waals surface area contributed by atoms with Crippen LogP contribution in [0, 0.1) is 18.8 Å². The number of hydrogen-bond acceptors (Lipinski definition) is 3. The van der Waals surface area contributed by atoms with Gasteiger partial charge in [0.05, 0.1) is 0 Å². The molecule has 0 bridgehead atoms. The number of carboxylic acid groups (broad SMARTS) is 1. The second-order valence-electron chi connectivity index (χ2n) is 4.94. The largest absolute Gasteiger partial charge is 0.477 e. The van der Waals surface area contributed by atoms with Gasteiger partial charge in [0, 0.05) is 11.4 Å². The molecule has 17 heavy (non-hydrogen) atoms. The Morgan fingerprint density at radius 3 is 2.88 bits per heavy atom. The first kappa shape index (κ1) is 12.6. The first-order valence-electron chi connectivity index (χ1n) is 6.11. The van der Waals surface area contributed by atoms with Crippen molar-refractivity contribution in [3.63, 3.8) is 0 Å². The monoisotopic (exact) mass is 253 g/mol. The minimum atomic E-state index is -0.823. The SMILES string of the molecule is Cc1sc(C(=O)O)cc1CNCC(C)C1CC1. The third kappa shape index (κ3) is 3.30. The fraction of sp³-hybridized carbons (Fsp3) is 0.615. The van der Waals surface area contributed by atoms with E-state index in [4.69, 9.17) is 5.11 Å². The lowest BCUT2D eigenvalue weighted by Gasteiger charge is -2.10. The topological polar surface area (TPSA) is 49.3 Å². The summed E-state index contributed by atoms with van der Waals surface area (Å²) in [6.45, 7) is 6.08. The number of aryl methyl sites for hydroxylation is 1. The fourth-order valence-corrected chi connectivity index (χ4v) is 2.95. The van der Waals surface area contributed by atoms with E-state index in [1.807, 2.05) is 6.92 Å². The zero-order chi connectivity index (χ0) is 12.4. The minimum absolute atomic E-state index is 0.439. The van der Waals surface area contributed by atoms with Gasteiger partial charge in [0.2, 0.25) is 0 Å². The summed E-state index contributed by atoms with van der Waals surface area (Å²) in [7, 11) is 0. The normalized spacial score (nSPS) is 17.1. The third-order valence-electron chi connectivity index (χ3n) is 3.44. The zero-order valence-corrected chi connectivity index (χ0v) is 11.1. The number of aromatic carboxylic acids is 1. The van der Waals surface area contributed by atoms with E-state index in [0.29, 0.717) is 4.88 Å². The highest BCUT2D eigenvalue weighted by Crippen LogP contribution is 2.36. The highest BCUT2D eigenvalue weighted by molar-refractivity contribution is 7.14.